The van der Waals surface area contributed by atoms with Crippen LogP contribution >= 0.6 is 0 Å². The summed E-state index contributed by atoms with van der Waals surface area (Å²) in [6.45, 7) is 1.14. The molecule has 8 amide bonds. The van der Waals surface area contributed by atoms with Crippen LogP contribution in [0.5, 0.6) is 0 Å². The lowest BCUT2D eigenvalue weighted by molar-refractivity contribution is 0.156. The maximum absolute atomic E-state index is 13.5. The molecule has 1 fully saturated rings. The molecule has 248 valence electrons. The van der Waals surface area contributed by atoms with Gasteiger partial charge in [-0.2, -0.15) is 0 Å². The molecule has 5 rings (SSSR count). The molecule has 4 aromatic heterocycles. The van der Waals surface area contributed by atoms with E-state index in [0.29, 0.717) is 22.7 Å². The van der Waals surface area contributed by atoms with E-state index in [1.54, 1.807) is 118 Å². The van der Waals surface area contributed by atoms with Gasteiger partial charge in [-0.1, -0.05) is 0 Å². The predicted molar refractivity (Wildman–Crippen MR) is 179 cm³/mol. The SMILES string of the molecule is O=C(Nc1ccncc1)N1CCN(C(=O)Nc2ccncc2)CCN(C(=O)Nc2ccncc2)CCN(C(=O)Nc2ccncc2)CC1. The Morgan fingerprint density at radius 3 is 0.688 bits per heavy atom. The van der Waals surface area contributed by atoms with E-state index in [1.807, 2.05) is 0 Å². The van der Waals surface area contributed by atoms with Crippen molar-refractivity contribution in [1.29, 1.82) is 0 Å². The topological polar surface area (TPSA) is 181 Å². The summed E-state index contributed by atoms with van der Waals surface area (Å²) in [7, 11) is 0. The fourth-order valence-electron chi connectivity index (χ4n) is 4.78. The van der Waals surface area contributed by atoms with Gasteiger partial charge in [-0.15, -0.1) is 0 Å². The molecule has 5 heterocycles. The van der Waals surface area contributed by atoms with Crippen LogP contribution in [0.25, 0.3) is 0 Å². The van der Waals surface area contributed by atoms with Crippen LogP contribution in [-0.2, 0) is 0 Å². The third kappa shape index (κ3) is 9.84. The summed E-state index contributed by atoms with van der Waals surface area (Å²) in [5.41, 5.74) is 2.21. The van der Waals surface area contributed by atoms with Crippen molar-refractivity contribution in [3.63, 3.8) is 0 Å². The second kappa shape index (κ2) is 16.8. The van der Waals surface area contributed by atoms with Gasteiger partial charge in [0.15, 0.2) is 0 Å². The Labute approximate surface area is 277 Å². The molecule has 0 spiro atoms. The Morgan fingerprint density at radius 1 is 0.354 bits per heavy atom. The third-order valence-corrected chi connectivity index (χ3v) is 7.43. The summed E-state index contributed by atoms with van der Waals surface area (Å²) in [6.07, 6.45) is 12.5. The summed E-state index contributed by atoms with van der Waals surface area (Å²) in [6, 6.07) is 11.7. The van der Waals surface area contributed by atoms with E-state index >= 15 is 0 Å². The quantitative estimate of drug-likeness (QED) is 0.257. The Morgan fingerprint density at radius 2 is 0.521 bits per heavy atom. The van der Waals surface area contributed by atoms with Crippen molar-refractivity contribution in [2.45, 2.75) is 0 Å². The first-order valence-corrected chi connectivity index (χ1v) is 15.3. The maximum Gasteiger partial charge on any atom is 0.321 e. The largest absolute Gasteiger partial charge is 0.321 e. The molecule has 1 aliphatic heterocycles. The lowest BCUT2D eigenvalue weighted by atomic mass is 10.3. The van der Waals surface area contributed by atoms with Crippen LogP contribution in [0.2, 0.25) is 0 Å². The summed E-state index contributed by atoms with van der Waals surface area (Å²) in [4.78, 5) is 76.2. The van der Waals surface area contributed by atoms with Crippen molar-refractivity contribution in [1.82, 2.24) is 39.5 Å². The van der Waals surface area contributed by atoms with Gasteiger partial charge in [-0.3, -0.25) is 19.9 Å². The minimum Gasteiger partial charge on any atom is -0.321 e. The van der Waals surface area contributed by atoms with Gasteiger partial charge in [-0.25, -0.2) is 19.2 Å². The van der Waals surface area contributed by atoms with Crippen LogP contribution in [0, 0.1) is 0 Å². The van der Waals surface area contributed by atoms with Crippen molar-refractivity contribution in [2.24, 2.45) is 0 Å². The molecule has 0 radical (unpaired) electrons. The van der Waals surface area contributed by atoms with Crippen molar-refractivity contribution < 1.29 is 19.2 Å². The van der Waals surface area contributed by atoms with Gasteiger partial charge in [0, 0.05) is 125 Å². The number of hydrogen-bond donors (Lipinski definition) is 4. The Hall–Kier alpha value is -6.32. The smallest absolute Gasteiger partial charge is 0.321 e. The van der Waals surface area contributed by atoms with E-state index in [1.165, 1.54) is 0 Å². The average Bonchev–Trinajstić information content (AvgIpc) is 3.10. The van der Waals surface area contributed by atoms with Crippen molar-refractivity contribution in [3.05, 3.63) is 98.1 Å². The molecule has 4 N–H and O–H groups in total. The zero-order chi connectivity index (χ0) is 33.6. The van der Waals surface area contributed by atoms with E-state index < -0.39 is 24.1 Å². The van der Waals surface area contributed by atoms with E-state index in [-0.39, 0.29) is 52.4 Å². The highest BCUT2D eigenvalue weighted by Crippen LogP contribution is 2.12. The Bertz CT molecular complexity index is 1370. The molecular weight excluding hydrogens is 616 g/mol. The summed E-state index contributed by atoms with van der Waals surface area (Å²) >= 11 is 0. The number of nitrogens with one attached hydrogen (secondary N) is 4. The van der Waals surface area contributed by atoms with Crippen LogP contribution in [0.3, 0.4) is 0 Å². The fraction of sp³-hybridized carbons (Fsp3) is 0.250. The molecule has 16 nitrogen and oxygen atoms in total. The first-order chi connectivity index (χ1) is 23.4. The summed E-state index contributed by atoms with van der Waals surface area (Å²) in [5.74, 6) is 0. The van der Waals surface area contributed by atoms with Crippen LogP contribution in [-0.4, -0.2) is 116 Å². The van der Waals surface area contributed by atoms with Gasteiger partial charge in [-0.05, 0) is 48.5 Å². The van der Waals surface area contributed by atoms with Crippen LogP contribution in [0.1, 0.15) is 0 Å². The van der Waals surface area contributed by atoms with Gasteiger partial charge in [0.25, 0.3) is 0 Å². The molecule has 4 aromatic rings. The van der Waals surface area contributed by atoms with E-state index in [2.05, 4.69) is 41.2 Å². The van der Waals surface area contributed by atoms with Gasteiger partial charge in [0.2, 0.25) is 0 Å². The van der Waals surface area contributed by atoms with Crippen LogP contribution in [0.15, 0.2) is 98.1 Å². The molecule has 48 heavy (non-hydrogen) atoms. The second-order valence-electron chi connectivity index (χ2n) is 10.6. The number of amides is 8. The third-order valence-electron chi connectivity index (χ3n) is 7.43. The number of hydrogen-bond acceptors (Lipinski definition) is 8. The lowest BCUT2D eigenvalue weighted by Crippen LogP contribution is -2.52. The molecule has 0 aliphatic carbocycles. The average molecular weight is 653 g/mol. The predicted octanol–water partition coefficient (Wildman–Crippen LogP) is 3.72. The van der Waals surface area contributed by atoms with Gasteiger partial charge in [0.1, 0.15) is 0 Å². The molecular formula is C32H36N12O4. The molecule has 0 aromatic carbocycles. The lowest BCUT2D eigenvalue weighted by Gasteiger charge is -2.34. The fourth-order valence-corrected chi connectivity index (χ4v) is 4.78. The van der Waals surface area contributed by atoms with Gasteiger partial charge >= 0.3 is 24.1 Å². The first kappa shape index (κ1) is 33.1. The normalized spacial score (nSPS) is 14.2. The molecule has 16 heteroatoms. The first-order valence-electron chi connectivity index (χ1n) is 15.3. The summed E-state index contributed by atoms with van der Waals surface area (Å²) < 4.78 is 0. The number of pyridine rings is 4. The second-order valence-corrected chi connectivity index (χ2v) is 10.6. The zero-order valence-electron chi connectivity index (χ0n) is 26.1. The highest BCUT2D eigenvalue weighted by Gasteiger charge is 2.25. The molecule has 0 saturated carbocycles. The van der Waals surface area contributed by atoms with Gasteiger partial charge < -0.3 is 40.9 Å². The Kier molecular flexibility index (Phi) is 11.6. The number of urea groups is 4. The minimum absolute atomic E-state index is 0.143. The van der Waals surface area contributed by atoms with E-state index in [9.17, 15) is 19.2 Å². The van der Waals surface area contributed by atoms with E-state index in [4.69, 9.17) is 0 Å². The Balaban J connectivity index is 1.38. The van der Waals surface area contributed by atoms with Crippen LogP contribution < -0.4 is 21.3 Å². The molecule has 0 atom stereocenters. The summed E-state index contributed by atoms with van der Waals surface area (Å²) in [5, 5.41) is 11.5. The van der Waals surface area contributed by atoms with Crippen molar-refractivity contribution >= 4 is 46.9 Å². The number of aromatic nitrogens is 4. The van der Waals surface area contributed by atoms with E-state index in [0.717, 1.165) is 0 Å². The molecule has 0 unspecified atom stereocenters. The number of carbonyl (C=O) groups is 4. The number of nitrogens with zero attached hydrogens (tertiary/aromatic N) is 8. The van der Waals surface area contributed by atoms with Gasteiger partial charge in [0.05, 0.1) is 0 Å². The number of rotatable bonds is 4. The molecule has 1 saturated heterocycles. The standard InChI is InChI=1S/C32H36N12O4/c45-29(37-25-1-9-33-10-2-25)41-17-19-42(30(46)38-26-3-11-34-12-4-26)21-23-44(32(48)40-28-7-15-36-16-8-28)24-22-43(20-18-41)31(47)39-27-5-13-35-14-6-27/h1-16H,17-24H2,(H,33,37,45)(H,34,38,46)(H,35,39,47)(H,36,40,48). The monoisotopic (exact) mass is 652 g/mol. The highest BCUT2D eigenvalue weighted by molar-refractivity contribution is 5.92. The van der Waals surface area contributed by atoms with Crippen molar-refractivity contribution in [2.75, 3.05) is 73.6 Å². The number of anilines is 4. The number of carbonyl (C=O) groups excluding carboxylic acids is 4. The highest BCUT2D eigenvalue weighted by atomic mass is 16.2. The molecule has 1 aliphatic rings. The maximum atomic E-state index is 13.5. The van der Waals surface area contributed by atoms with Crippen LogP contribution in [0.4, 0.5) is 41.9 Å². The molecule has 0 bridgehead atoms. The zero-order valence-corrected chi connectivity index (χ0v) is 26.1. The van der Waals surface area contributed by atoms with Crippen molar-refractivity contribution in [3.8, 4) is 0 Å². The minimum atomic E-state index is -0.402.